The first-order valence-electron chi connectivity index (χ1n) is 17.4. The first-order chi connectivity index (χ1) is 25.8. The minimum Gasteiger partial charge on any atom is -0.455 e. The van der Waals surface area contributed by atoms with E-state index in [1.54, 1.807) is 0 Å². The molecule has 0 bridgehead atoms. The summed E-state index contributed by atoms with van der Waals surface area (Å²) in [6, 6.07) is 54.8. The van der Waals surface area contributed by atoms with Gasteiger partial charge in [0, 0.05) is 63.8 Å². The van der Waals surface area contributed by atoms with E-state index in [9.17, 15) is 0 Å². The summed E-state index contributed by atoms with van der Waals surface area (Å²) in [7, 11) is 0. The molecule has 0 radical (unpaired) electrons. The molecule has 0 fully saturated rings. The molecule has 0 spiro atoms. The van der Waals surface area contributed by atoms with Crippen LogP contribution in [0.25, 0.3) is 75.0 Å². The molecular formula is C46H28N4OS. The highest BCUT2D eigenvalue weighted by Gasteiger charge is 2.26. The van der Waals surface area contributed by atoms with Crippen LogP contribution in [0.4, 0.5) is 0 Å². The lowest BCUT2D eigenvalue weighted by Crippen LogP contribution is -2.36. The van der Waals surface area contributed by atoms with Crippen molar-refractivity contribution in [3.8, 4) is 11.3 Å². The zero-order valence-corrected chi connectivity index (χ0v) is 28.6. The topological polar surface area (TPSA) is 62.8 Å². The van der Waals surface area contributed by atoms with Crippen molar-refractivity contribution in [2.75, 3.05) is 0 Å². The molecule has 1 N–H and O–H groups in total. The standard InChI is InChI=1S/C46H28N4OS/c1-3-13-27(14-4-1)41-32-25-26-33-39-34(20-12-24-38(39)52-43(33)40(32)31-18-7-9-22-36(31)47-41)45-48-44(28-15-5-2-6-16-28)49-46(50-45)35-21-11-19-30-29-17-8-10-23-37(29)51-42(30)35/h1-26,45H,(H,48,49,50). The average molecular weight is 685 g/mol. The molecule has 6 heteroatoms. The maximum atomic E-state index is 6.49. The minimum absolute atomic E-state index is 0.489. The summed E-state index contributed by atoms with van der Waals surface area (Å²) >= 11 is 1.83. The Morgan fingerprint density at radius 2 is 1.21 bits per heavy atom. The van der Waals surface area contributed by atoms with Crippen molar-refractivity contribution in [3.63, 3.8) is 0 Å². The molecule has 7 aromatic carbocycles. The molecular weight excluding hydrogens is 657 g/mol. The molecule has 0 saturated carbocycles. The largest absolute Gasteiger partial charge is 0.455 e. The summed E-state index contributed by atoms with van der Waals surface area (Å²) < 4.78 is 8.93. The van der Waals surface area contributed by atoms with Gasteiger partial charge >= 0.3 is 0 Å². The summed E-state index contributed by atoms with van der Waals surface area (Å²) in [5.41, 5.74) is 7.73. The van der Waals surface area contributed by atoms with Gasteiger partial charge in [0.1, 0.15) is 22.8 Å². The SMILES string of the molecule is c1ccc(C2=NC(c3cccc4sc5c(ccc6c(-c7ccccc7)nc7ccccc7c65)c34)N=C(c3cccc4c3oc3ccccc34)N2)cc1. The molecule has 0 aliphatic carbocycles. The monoisotopic (exact) mass is 684 g/mol. The maximum Gasteiger partial charge on any atom is 0.170 e. The lowest BCUT2D eigenvalue weighted by molar-refractivity contribution is 0.667. The van der Waals surface area contributed by atoms with E-state index in [-0.39, 0.29) is 0 Å². The van der Waals surface area contributed by atoms with Gasteiger partial charge < -0.3 is 9.73 Å². The van der Waals surface area contributed by atoms with Gasteiger partial charge in [-0.1, -0.05) is 133 Å². The van der Waals surface area contributed by atoms with Crippen molar-refractivity contribution in [1.29, 1.82) is 0 Å². The predicted molar refractivity (Wildman–Crippen MR) is 217 cm³/mol. The van der Waals surface area contributed by atoms with E-state index < -0.39 is 6.17 Å². The fraction of sp³-hybridized carbons (Fsp3) is 0.0217. The van der Waals surface area contributed by atoms with Crippen molar-refractivity contribution in [2.24, 2.45) is 9.98 Å². The predicted octanol–water partition coefficient (Wildman–Crippen LogP) is 11.8. The number of hydrogen-bond acceptors (Lipinski definition) is 6. The third kappa shape index (κ3) is 4.44. The van der Waals surface area contributed by atoms with Crippen molar-refractivity contribution < 1.29 is 4.42 Å². The van der Waals surface area contributed by atoms with Gasteiger partial charge in [-0.15, -0.1) is 11.3 Å². The van der Waals surface area contributed by atoms with E-state index in [1.165, 1.54) is 25.6 Å². The van der Waals surface area contributed by atoms with Crippen LogP contribution in [0, 0.1) is 0 Å². The van der Waals surface area contributed by atoms with E-state index in [4.69, 9.17) is 19.4 Å². The summed E-state index contributed by atoms with van der Waals surface area (Å²) in [5, 5.41) is 11.7. The highest BCUT2D eigenvalue weighted by atomic mass is 32.1. The summed E-state index contributed by atoms with van der Waals surface area (Å²) in [4.78, 5) is 15.9. The molecule has 52 heavy (non-hydrogen) atoms. The van der Waals surface area contributed by atoms with Crippen molar-refractivity contribution >= 4 is 86.8 Å². The maximum absolute atomic E-state index is 6.49. The molecule has 3 aromatic heterocycles. The molecule has 0 amide bonds. The second-order valence-electron chi connectivity index (χ2n) is 13.1. The summed E-state index contributed by atoms with van der Waals surface area (Å²) in [6.45, 7) is 0. The van der Waals surface area contributed by atoms with Crippen LogP contribution in [0.2, 0.25) is 0 Å². The second kappa shape index (κ2) is 11.5. The number of furan rings is 1. The van der Waals surface area contributed by atoms with Crippen LogP contribution in [0.15, 0.2) is 172 Å². The van der Waals surface area contributed by atoms with Crippen LogP contribution in [-0.4, -0.2) is 16.7 Å². The molecule has 5 nitrogen and oxygen atoms in total. The van der Waals surface area contributed by atoms with Crippen LogP contribution >= 0.6 is 11.3 Å². The van der Waals surface area contributed by atoms with Crippen molar-refractivity contribution in [1.82, 2.24) is 10.3 Å². The van der Waals surface area contributed by atoms with Gasteiger partial charge in [0.05, 0.1) is 16.8 Å². The number of pyridine rings is 1. The number of aromatic nitrogens is 1. The van der Waals surface area contributed by atoms with E-state index in [2.05, 4.69) is 127 Å². The molecule has 244 valence electrons. The number of amidine groups is 2. The third-order valence-corrected chi connectivity index (χ3v) is 11.3. The van der Waals surface area contributed by atoms with Crippen LogP contribution in [0.3, 0.4) is 0 Å². The smallest absolute Gasteiger partial charge is 0.170 e. The lowest BCUT2D eigenvalue weighted by atomic mass is 9.96. The molecule has 1 atom stereocenters. The molecule has 1 aliphatic rings. The van der Waals surface area contributed by atoms with E-state index in [0.717, 1.165) is 77.8 Å². The van der Waals surface area contributed by atoms with Crippen LogP contribution in [0.5, 0.6) is 0 Å². The summed E-state index contributed by atoms with van der Waals surface area (Å²) in [5.74, 6) is 1.50. The van der Waals surface area contributed by atoms with Crippen LogP contribution < -0.4 is 5.32 Å². The quantitative estimate of drug-likeness (QED) is 0.188. The Kier molecular flexibility index (Phi) is 6.42. The second-order valence-corrected chi connectivity index (χ2v) is 14.2. The highest BCUT2D eigenvalue weighted by molar-refractivity contribution is 7.26. The minimum atomic E-state index is -0.489. The molecule has 4 heterocycles. The third-order valence-electron chi connectivity index (χ3n) is 10.1. The van der Waals surface area contributed by atoms with Gasteiger partial charge in [0.2, 0.25) is 0 Å². The number of thiophene rings is 1. The van der Waals surface area contributed by atoms with Gasteiger partial charge in [-0.3, -0.25) is 0 Å². The number of hydrogen-bond donors (Lipinski definition) is 1. The molecule has 11 rings (SSSR count). The fourth-order valence-corrected chi connectivity index (χ4v) is 9.08. The number of benzene rings is 7. The summed E-state index contributed by atoms with van der Waals surface area (Å²) in [6.07, 6.45) is -0.489. The first kappa shape index (κ1) is 29.1. The Labute approximate surface area is 302 Å². The average Bonchev–Trinajstić information content (AvgIpc) is 3.80. The number of rotatable bonds is 4. The number of nitrogens with zero attached hydrogens (tertiary/aromatic N) is 3. The lowest BCUT2D eigenvalue weighted by Gasteiger charge is -2.23. The van der Waals surface area contributed by atoms with Gasteiger partial charge in [0.25, 0.3) is 0 Å². The van der Waals surface area contributed by atoms with Crippen molar-refractivity contribution in [3.05, 3.63) is 174 Å². The molecule has 10 aromatic rings. The van der Waals surface area contributed by atoms with Crippen molar-refractivity contribution in [2.45, 2.75) is 6.17 Å². The fourth-order valence-electron chi connectivity index (χ4n) is 7.78. The first-order valence-corrected chi connectivity index (χ1v) is 18.2. The van der Waals surface area contributed by atoms with E-state index in [1.807, 2.05) is 47.7 Å². The van der Waals surface area contributed by atoms with Gasteiger partial charge in [-0.2, -0.15) is 0 Å². The Bertz CT molecular complexity index is 3110. The molecule has 1 unspecified atom stereocenters. The Balaban J connectivity index is 1.17. The van der Waals surface area contributed by atoms with Gasteiger partial charge in [0.15, 0.2) is 6.17 Å². The molecule has 0 saturated heterocycles. The zero-order chi connectivity index (χ0) is 34.2. The number of aliphatic imine (C=N–C) groups is 2. The number of nitrogens with one attached hydrogen (secondary N) is 1. The van der Waals surface area contributed by atoms with Crippen LogP contribution in [0.1, 0.15) is 22.9 Å². The van der Waals surface area contributed by atoms with Gasteiger partial charge in [-0.25, -0.2) is 15.0 Å². The normalized spacial score (nSPS) is 14.7. The Morgan fingerprint density at radius 3 is 2.08 bits per heavy atom. The Morgan fingerprint density at radius 1 is 0.519 bits per heavy atom. The Hall–Kier alpha value is -6.63. The molecule has 1 aliphatic heterocycles. The zero-order valence-electron chi connectivity index (χ0n) is 27.7. The van der Waals surface area contributed by atoms with E-state index >= 15 is 0 Å². The number of fused-ring (bicyclic) bond motifs is 10. The van der Waals surface area contributed by atoms with Gasteiger partial charge in [-0.05, 0) is 24.3 Å². The highest BCUT2D eigenvalue weighted by Crippen LogP contribution is 2.46. The van der Waals surface area contributed by atoms with E-state index in [0.29, 0.717) is 0 Å². The number of para-hydroxylation sites is 3. The van der Waals surface area contributed by atoms with Crippen LogP contribution in [-0.2, 0) is 0 Å².